The Morgan fingerprint density at radius 1 is 1.28 bits per heavy atom. The number of nitrogens with one attached hydrogen (secondary N) is 3. The SMILES string of the molecule is C=C/C(C#N)=C(\CC(F)c1ccnc2cc(-c3ccc(C(=O)N[C@H]4CCNC[C@H]4F)cc3OC)oc12)NC1CCOCC1. The molecule has 2 saturated heterocycles. The third-order valence-corrected chi connectivity index (χ3v) is 7.87. The van der Waals surface area contributed by atoms with E-state index in [-0.39, 0.29) is 30.2 Å². The number of allylic oxidation sites excluding steroid dienone is 3. The van der Waals surface area contributed by atoms with Crippen molar-refractivity contribution in [2.75, 3.05) is 33.4 Å². The molecule has 43 heavy (non-hydrogen) atoms. The molecule has 2 fully saturated rings. The molecule has 9 nitrogen and oxygen atoms in total. The van der Waals surface area contributed by atoms with Gasteiger partial charge in [-0.05, 0) is 56.1 Å². The Bertz CT molecular complexity index is 1540. The summed E-state index contributed by atoms with van der Waals surface area (Å²) in [6.45, 7) is 5.77. The van der Waals surface area contributed by atoms with Gasteiger partial charge in [0.05, 0.1) is 24.3 Å². The smallest absolute Gasteiger partial charge is 0.251 e. The van der Waals surface area contributed by atoms with Crippen LogP contribution in [0.15, 0.2) is 64.9 Å². The second-order valence-corrected chi connectivity index (χ2v) is 10.6. The molecule has 2 aliphatic rings. The van der Waals surface area contributed by atoms with Gasteiger partial charge in [-0.25, -0.2) is 8.78 Å². The summed E-state index contributed by atoms with van der Waals surface area (Å²) in [7, 11) is 1.47. The minimum Gasteiger partial charge on any atom is -0.496 e. The number of nitriles is 1. The van der Waals surface area contributed by atoms with Crippen LogP contribution in [0.4, 0.5) is 8.78 Å². The number of furan rings is 1. The molecule has 0 radical (unpaired) electrons. The molecule has 0 aliphatic carbocycles. The van der Waals surface area contributed by atoms with Crippen LogP contribution in [0.25, 0.3) is 22.4 Å². The highest BCUT2D eigenvalue weighted by Gasteiger charge is 2.27. The van der Waals surface area contributed by atoms with Crippen LogP contribution in [0, 0.1) is 11.3 Å². The zero-order valence-electron chi connectivity index (χ0n) is 24.0. The fourth-order valence-corrected chi connectivity index (χ4v) is 5.47. The minimum absolute atomic E-state index is 0.0718. The third kappa shape index (κ3) is 6.87. The first-order valence-electron chi connectivity index (χ1n) is 14.4. The number of alkyl halides is 2. The van der Waals surface area contributed by atoms with Crippen LogP contribution in [0.1, 0.15) is 47.8 Å². The Hall–Kier alpha value is -4.27. The Kier molecular flexibility index (Phi) is 9.69. The quantitative estimate of drug-likeness (QED) is 0.221. The first-order valence-corrected chi connectivity index (χ1v) is 14.4. The maximum Gasteiger partial charge on any atom is 0.251 e. The molecule has 2 aliphatic heterocycles. The monoisotopic (exact) mass is 591 g/mol. The number of methoxy groups -OCH3 is 1. The lowest BCUT2D eigenvalue weighted by Crippen LogP contribution is -2.50. The van der Waals surface area contributed by atoms with Gasteiger partial charge >= 0.3 is 0 Å². The van der Waals surface area contributed by atoms with Crippen LogP contribution >= 0.6 is 0 Å². The number of fused-ring (bicyclic) bond motifs is 1. The van der Waals surface area contributed by atoms with Crippen molar-refractivity contribution in [1.82, 2.24) is 20.9 Å². The van der Waals surface area contributed by atoms with Crippen LogP contribution in [0.5, 0.6) is 5.75 Å². The number of hydrogen-bond acceptors (Lipinski definition) is 8. The number of pyridine rings is 1. The average molecular weight is 592 g/mol. The molecule has 2 aromatic heterocycles. The molecule has 1 unspecified atom stereocenters. The Morgan fingerprint density at radius 3 is 2.81 bits per heavy atom. The van der Waals surface area contributed by atoms with E-state index in [1.807, 2.05) is 0 Å². The van der Waals surface area contributed by atoms with Gasteiger partial charge in [0.1, 0.15) is 35.4 Å². The number of hydrogen-bond donors (Lipinski definition) is 3. The number of piperidine rings is 1. The predicted molar refractivity (Wildman–Crippen MR) is 158 cm³/mol. The largest absolute Gasteiger partial charge is 0.496 e. The molecule has 0 bridgehead atoms. The number of aromatic nitrogens is 1. The average Bonchev–Trinajstić information content (AvgIpc) is 3.47. The summed E-state index contributed by atoms with van der Waals surface area (Å²) < 4.78 is 47.4. The molecule has 3 aromatic rings. The van der Waals surface area contributed by atoms with E-state index in [1.54, 1.807) is 30.3 Å². The first-order chi connectivity index (χ1) is 20.9. The van der Waals surface area contributed by atoms with Gasteiger partial charge in [0, 0.05) is 61.3 Å². The molecule has 4 heterocycles. The summed E-state index contributed by atoms with van der Waals surface area (Å²) in [4.78, 5) is 17.2. The summed E-state index contributed by atoms with van der Waals surface area (Å²) in [5.41, 5.74) is 2.65. The lowest BCUT2D eigenvalue weighted by Gasteiger charge is -2.27. The van der Waals surface area contributed by atoms with E-state index in [0.29, 0.717) is 65.6 Å². The summed E-state index contributed by atoms with van der Waals surface area (Å²) in [6.07, 6.45) is 2.22. The van der Waals surface area contributed by atoms with Crippen LogP contribution < -0.4 is 20.7 Å². The molecular formula is C32H35F2N5O4. The highest BCUT2D eigenvalue weighted by atomic mass is 19.1. The fraction of sp³-hybridized carbons (Fsp3) is 0.406. The highest BCUT2D eigenvalue weighted by molar-refractivity contribution is 5.96. The van der Waals surface area contributed by atoms with Crippen molar-refractivity contribution >= 4 is 17.0 Å². The fourth-order valence-electron chi connectivity index (χ4n) is 5.47. The maximum absolute atomic E-state index is 16.0. The van der Waals surface area contributed by atoms with E-state index in [9.17, 15) is 14.4 Å². The van der Waals surface area contributed by atoms with E-state index in [0.717, 1.165) is 12.8 Å². The van der Waals surface area contributed by atoms with Gasteiger partial charge in [-0.15, -0.1) is 0 Å². The number of carbonyl (C=O) groups is 1. The molecule has 5 rings (SSSR count). The number of halogens is 2. The van der Waals surface area contributed by atoms with Crippen LogP contribution in [0.3, 0.4) is 0 Å². The molecular weight excluding hydrogens is 556 g/mol. The van der Waals surface area contributed by atoms with Gasteiger partial charge < -0.3 is 29.8 Å². The number of nitrogens with zero attached hydrogens (tertiary/aromatic N) is 2. The second kappa shape index (κ2) is 13.8. The number of rotatable bonds is 10. The van der Waals surface area contributed by atoms with Crippen molar-refractivity contribution in [1.29, 1.82) is 5.26 Å². The normalized spacial score (nSPS) is 20.5. The summed E-state index contributed by atoms with van der Waals surface area (Å²) in [5.74, 6) is 0.346. The number of carbonyl (C=O) groups excluding carboxylic acids is 1. The molecule has 1 amide bonds. The van der Waals surface area contributed by atoms with Gasteiger partial charge in [0.15, 0.2) is 5.58 Å². The zero-order chi connectivity index (χ0) is 30.3. The van der Waals surface area contributed by atoms with Crippen molar-refractivity contribution in [2.45, 2.75) is 50.1 Å². The number of ether oxygens (including phenoxy) is 2. The zero-order valence-corrected chi connectivity index (χ0v) is 24.0. The topological polar surface area (TPSA) is 121 Å². The first kappa shape index (κ1) is 30.2. The van der Waals surface area contributed by atoms with Crippen molar-refractivity contribution in [2.24, 2.45) is 0 Å². The van der Waals surface area contributed by atoms with E-state index in [1.165, 1.54) is 19.4 Å². The predicted octanol–water partition coefficient (Wildman–Crippen LogP) is 5.07. The lowest BCUT2D eigenvalue weighted by molar-refractivity contribution is 0.0798. The van der Waals surface area contributed by atoms with Crippen LogP contribution in [-0.2, 0) is 4.74 Å². The lowest BCUT2D eigenvalue weighted by atomic mass is 10.0. The molecule has 0 saturated carbocycles. The van der Waals surface area contributed by atoms with Crippen molar-refractivity contribution in [3.8, 4) is 23.1 Å². The molecule has 3 N–H and O–H groups in total. The van der Waals surface area contributed by atoms with E-state index in [4.69, 9.17) is 13.9 Å². The van der Waals surface area contributed by atoms with E-state index < -0.39 is 24.3 Å². The van der Waals surface area contributed by atoms with E-state index in [2.05, 4.69) is 33.6 Å². The summed E-state index contributed by atoms with van der Waals surface area (Å²) >= 11 is 0. The van der Waals surface area contributed by atoms with Crippen LogP contribution in [-0.4, -0.2) is 62.6 Å². The Morgan fingerprint density at radius 2 is 2.09 bits per heavy atom. The van der Waals surface area contributed by atoms with Gasteiger partial charge in [-0.2, -0.15) is 5.26 Å². The van der Waals surface area contributed by atoms with Gasteiger partial charge in [0.25, 0.3) is 5.91 Å². The van der Waals surface area contributed by atoms with Crippen molar-refractivity contribution in [3.05, 3.63) is 71.6 Å². The number of benzene rings is 1. The molecule has 11 heteroatoms. The molecule has 0 spiro atoms. The second-order valence-electron chi connectivity index (χ2n) is 10.6. The van der Waals surface area contributed by atoms with Gasteiger partial charge in [-0.3, -0.25) is 9.78 Å². The Balaban J connectivity index is 1.39. The van der Waals surface area contributed by atoms with Crippen molar-refractivity contribution < 1.29 is 27.5 Å². The van der Waals surface area contributed by atoms with Gasteiger partial charge in [-0.1, -0.05) is 6.58 Å². The van der Waals surface area contributed by atoms with Crippen molar-refractivity contribution in [3.63, 3.8) is 0 Å². The standard InChI is InChI=1S/C32H35F2N5O4/c1-3-19(17-35)27(38-21-8-12-42-13-9-21)15-24(33)22-6-11-37-28-16-30(43-31(22)28)23-5-4-20(14-29(23)41-2)32(40)39-26-7-10-36-18-25(26)34/h3-6,11,14,16,21,24-26,36,38H,1,7-10,12-13,15,18H2,2H3,(H,39,40)/b27-19-/t24?,25-,26+/m1/s1. The summed E-state index contributed by atoms with van der Waals surface area (Å²) in [6, 6.07) is 9.73. The van der Waals surface area contributed by atoms with Crippen LogP contribution in [0.2, 0.25) is 0 Å². The Labute approximate surface area is 248 Å². The minimum atomic E-state index is -1.50. The van der Waals surface area contributed by atoms with Gasteiger partial charge in [0.2, 0.25) is 0 Å². The molecule has 3 atom stereocenters. The van der Waals surface area contributed by atoms with E-state index >= 15 is 4.39 Å². The molecule has 226 valence electrons. The highest BCUT2D eigenvalue weighted by Crippen LogP contribution is 2.38. The summed E-state index contributed by atoms with van der Waals surface area (Å²) in [5, 5.41) is 18.7. The third-order valence-electron chi connectivity index (χ3n) is 7.87. The molecule has 1 aromatic carbocycles. The maximum atomic E-state index is 16.0. The number of amides is 1.